The van der Waals surface area contributed by atoms with Gasteiger partial charge < -0.3 is 5.32 Å². The third-order valence-corrected chi connectivity index (χ3v) is 5.27. The highest BCUT2D eigenvalue weighted by molar-refractivity contribution is 7.99. The van der Waals surface area contributed by atoms with Crippen LogP contribution in [0.1, 0.15) is 26.2 Å². The topological polar surface area (TPSA) is 46.2 Å². The van der Waals surface area contributed by atoms with Crippen molar-refractivity contribution in [2.75, 3.05) is 19.1 Å². The minimum atomic E-state index is -3.08. The quantitative estimate of drug-likeness (QED) is 0.592. The molecule has 0 radical (unpaired) electrons. The van der Waals surface area contributed by atoms with E-state index >= 15 is 0 Å². The molecule has 0 heterocycles. The van der Waals surface area contributed by atoms with Crippen molar-refractivity contribution in [3.63, 3.8) is 0 Å². The Hall–Kier alpha value is -0.520. The molecule has 0 saturated carbocycles. The number of unbranched alkanes of at least 4 members (excludes halogenated alkanes) is 1. The molecule has 1 N–H and O–H groups in total. The van der Waals surface area contributed by atoms with Gasteiger partial charge in [0.05, 0.1) is 4.90 Å². The van der Waals surface area contributed by atoms with Gasteiger partial charge in [0.15, 0.2) is 9.84 Å². The molecule has 0 bridgehead atoms. The molecule has 1 atom stereocenters. The first-order valence-corrected chi connectivity index (χ1v) is 9.41. The van der Waals surface area contributed by atoms with Crippen LogP contribution in [0.4, 0.5) is 0 Å². The van der Waals surface area contributed by atoms with Crippen molar-refractivity contribution < 1.29 is 8.42 Å². The number of nitrogens with one attached hydrogen (secondary N) is 1. The number of benzene rings is 1. The van der Waals surface area contributed by atoms with Crippen molar-refractivity contribution in [3.8, 4) is 0 Å². The van der Waals surface area contributed by atoms with Gasteiger partial charge in [-0.25, -0.2) is 8.42 Å². The highest BCUT2D eigenvalue weighted by Crippen LogP contribution is 2.21. The molecule has 108 valence electrons. The Labute approximate surface area is 121 Å². The van der Waals surface area contributed by atoms with Crippen LogP contribution in [0.25, 0.3) is 0 Å². The van der Waals surface area contributed by atoms with Crippen LogP contribution in [0.3, 0.4) is 0 Å². The summed E-state index contributed by atoms with van der Waals surface area (Å²) in [5.74, 6) is 1.08. The molecule has 3 nitrogen and oxygen atoms in total. The molecular weight excluding hydrogens is 278 g/mol. The van der Waals surface area contributed by atoms with Crippen LogP contribution in [0.2, 0.25) is 0 Å². The minimum absolute atomic E-state index is 0.389. The summed E-state index contributed by atoms with van der Waals surface area (Å²) < 4.78 is 22.6. The molecule has 0 aliphatic carbocycles. The van der Waals surface area contributed by atoms with E-state index in [4.69, 9.17) is 0 Å². The number of rotatable bonds is 8. The maximum absolute atomic E-state index is 11.3. The third-order valence-electron chi connectivity index (χ3n) is 3.04. The van der Waals surface area contributed by atoms with Gasteiger partial charge in [-0.2, -0.15) is 0 Å². The van der Waals surface area contributed by atoms with Gasteiger partial charge in [0.2, 0.25) is 0 Å². The molecule has 0 amide bonds. The SMILES string of the molecule is CNC(C)CCCCSc1ccc(S(C)(=O)=O)cc1. The molecule has 5 heteroatoms. The van der Waals surface area contributed by atoms with Gasteiger partial charge >= 0.3 is 0 Å². The van der Waals surface area contributed by atoms with Crippen molar-refractivity contribution in [2.45, 2.75) is 42.0 Å². The standard InChI is InChI=1S/C14H23NO2S2/c1-12(15-2)6-4-5-11-18-13-7-9-14(10-8-13)19(3,16)17/h7-10,12,15H,4-6,11H2,1-3H3. The van der Waals surface area contributed by atoms with E-state index in [0.29, 0.717) is 10.9 Å². The van der Waals surface area contributed by atoms with Crippen molar-refractivity contribution in [1.29, 1.82) is 0 Å². The average molecular weight is 301 g/mol. The monoisotopic (exact) mass is 301 g/mol. The zero-order valence-corrected chi connectivity index (χ0v) is 13.5. The lowest BCUT2D eigenvalue weighted by molar-refractivity contribution is 0.539. The molecule has 0 aliphatic heterocycles. The summed E-state index contributed by atoms with van der Waals surface area (Å²) in [6.07, 6.45) is 4.84. The highest BCUT2D eigenvalue weighted by atomic mass is 32.2. The van der Waals surface area contributed by atoms with Crippen molar-refractivity contribution >= 4 is 21.6 Å². The smallest absolute Gasteiger partial charge is 0.175 e. The van der Waals surface area contributed by atoms with Crippen LogP contribution in [-0.4, -0.2) is 33.5 Å². The largest absolute Gasteiger partial charge is 0.317 e. The molecule has 0 fully saturated rings. The Kier molecular flexibility index (Phi) is 6.89. The number of hydrogen-bond acceptors (Lipinski definition) is 4. The van der Waals surface area contributed by atoms with Crippen LogP contribution < -0.4 is 5.32 Å². The Balaban J connectivity index is 2.31. The fourth-order valence-electron chi connectivity index (χ4n) is 1.67. The van der Waals surface area contributed by atoms with Crippen molar-refractivity contribution in [3.05, 3.63) is 24.3 Å². The van der Waals surface area contributed by atoms with Gasteiger partial charge in [-0.3, -0.25) is 0 Å². The summed E-state index contributed by atoms with van der Waals surface area (Å²) in [6.45, 7) is 2.19. The first-order chi connectivity index (χ1) is 8.93. The fourth-order valence-corrected chi connectivity index (χ4v) is 3.21. The summed E-state index contributed by atoms with van der Waals surface area (Å²) in [5.41, 5.74) is 0. The molecule has 0 aliphatic rings. The molecule has 1 unspecified atom stereocenters. The zero-order valence-electron chi connectivity index (χ0n) is 11.8. The predicted octanol–water partition coefficient (Wildman–Crippen LogP) is 2.96. The Morgan fingerprint density at radius 3 is 2.37 bits per heavy atom. The predicted molar refractivity (Wildman–Crippen MR) is 82.6 cm³/mol. The number of sulfone groups is 1. The molecule has 0 aromatic heterocycles. The van der Waals surface area contributed by atoms with Crippen LogP contribution in [0.15, 0.2) is 34.1 Å². The van der Waals surface area contributed by atoms with Crippen LogP contribution >= 0.6 is 11.8 Å². The van der Waals surface area contributed by atoms with Crippen molar-refractivity contribution in [1.82, 2.24) is 5.32 Å². The molecule has 0 spiro atoms. The number of hydrogen-bond donors (Lipinski definition) is 1. The molecule has 19 heavy (non-hydrogen) atoms. The molecule has 1 aromatic rings. The Morgan fingerprint density at radius 2 is 1.84 bits per heavy atom. The second-order valence-corrected chi connectivity index (χ2v) is 7.96. The third kappa shape index (κ3) is 6.45. The van der Waals surface area contributed by atoms with Gasteiger partial charge in [0, 0.05) is 17.2 Å². The van der Waals surface area contributed by atoms with E-state index in [1.165, 1.54) is 25.5 Å². The molecular formula is C14H23NO2S2. The lowest BCUT2D eigenvalue weighted by Crippen LogP contribution is -2.20. The second-order valence-electron chi connectivity index (χ2n) is 4.78. The van der Waals surface area contributed by atoms with E-state index in [1.807, 2.05) is 19.2 Å². The summed E-state index contributed by atoms with van der Waals surface area (Å²) in [6, 6.07) is 7.72. The van der Waals surface area contributed by atoms with Gasteiger partial charge in [-0.05, 0) is 56.8 Å². The van der Waals surface area contributed by atoms with Gasteiger partial charge in [0.1, 0.15) is 0 Å². The van der Waals surface area contributed by atoms with Crippen LogP contribution in [-0.2, 0) is 9.84 Å². The van der Waals surface area contributed by atoms with Crippen LogP contribution in [0, 0.1) is 0 Å². The Morgan fingerprint density at radius 1 is 1.21 bits per heavy atom. The summed E-state index contributed by atoms with van der Waals surface area (Å²) in [4.78, 5) is 1.52. The average Bonchev–Trinajstić information content (AvgIpc) is 2.37. The molecule has 0 saturated heterocycles. The fraction of sp³-hybridized carbons (Fsp3) is 0.571. The van der Waals surface area contributed by atoms with E-state index in [0.717, 1.165) is 10.6 Å². The summed E-state index contributed by atoms with van der Waals surface area (Å²) in [5, 5.41) is 3.23. The maximum Gasteiger partial charge on any atom is 0.175 e. The molecule has 1 aromatic carbocycles. The Bertz CT molecular complexity index is 469. The maximum atomic E-state index is 11.3. The zero-order chi connectivity index (χ0) is 14.3. The second kappa shape index (κ2) is 7.92. The van der Waals surface area contributed by atoms with Crippen LogP contribution in [0.5, 0.6) is 0 Å². The van der Waals surface area contributed by atoms with E-state index in [2.05, 4.69) is 12.2 Å². The van der Waals surface area contributed by atoms with E-state index in [-0.39, 0.29) is 0 Å². The normalized spacial score (nSPS) is 13.4. The lowest BCUT2D eigenvalue weighted by Gasteiger charge is -2.09. The van der Waals surface area contributed by atoms with E-state index in [9.17, 15) is 8.42 Å². The number of thioether (sulfide) groups is 1. The first-order valence-electron chi connectivity index (χ1n) is 6.53. The first kappa shape index (κ1) is 16.5. The van der Waals surface area contributed by atoms with Gasteiger partial charge in [0.25, 0.3) is 0 Å². The van der Waals surface area contributed by atoms with E-state index < -0.39 is 9.84 Å². The highest BCUT2D eigenvalue weighted by Gasteiger charge is 2.06. The van der Waals surface area contributed by atoms with E-state index in [1.54, 1.807) is 23.9 Å². The van der Waals surface area contributed by atoms with Gasteiger partial charge in [-0.1, -0.05) is 6.42 Å². The van der Waals surface area contributed by atoms with Crippen molar-refractivity contribution in [2.24, 2.45) is 0 Å². The van der Waals surface area contributed by atoms with Gasteiger partial charge in [-0.15, -0.1) is 11.8 Å². The summed E-state index contributed by atoms with van der Waals surface area (Å²) >= 11 is 1.78. The lowest BCUT2D eigenvalue weighted by atomic mass is 10.1. The summed E-state index contributed by atoms with van der Waals surface area (Å²) in [7, 11) is -1.09. The molecule has 1 rings (SSSR count). The minimum Gasteiger partial charge on any atom is -0.317 e.